The van der Waals surface area contributed by atoms with Crippen LogP contribution in [0, 0.1) is 0 Å². The smallest absolute Gasteiger partial charge is 0.111 e. The molecule has 3 rings (SSSR count). The van der Waals surface area contributed by atoms with E-state index in [1.54, 1.807) is 0 Å². The first-order valence-electron chi connectivity index (χ1n) is 9.39. The molecule has 2 heterocycles. The van der Waals surface area contributed by atoms with E-state index in [0.717, 1.165) is 37.6 Å². The third kappa shape index (κ3) is 4.77. The third-order valence-electron chi connectivity index (χ3n) is 4.96. The number of para-hydroxylation sites is 1. The molecule has 1 aliphatic heterocycles. The number of hydrogen-bond acceptors (Lipinski definition) is 3. The van der Waals surface area contributed by atoms with Crippen LogP contribution in [-0.2, 0) is 6.54 Å². The van der Waals surface area contributed by atoms with Gasteiger partial charge in [-0.15, -0.1) is 0 Å². The molecule has 1 aromatic heterocycles. The van der Waals surface area contributed by atoms with E-state index in [1.165, 1.54) is 24.4 Å². The summed E-state index contributed by atoms with van der Waals surface area (Å²) >= 11 is 6.32. The lowest BCUT2D eigenvalue weighted by molar-refractivity contribution is 0.406. The monoisotopic (exact) mass is 360 g/mol. The first kappa shape index (κ1) is 18.3. The van der Waals surface area contributed by atoms with Gasteiger partial charge in [0.15, 0.2) is 0 Å². The molecular weight excluding hydrogens is 332 g/mol. The third-order valence-corrected chi connectivity index (χ3v) is 5.28. The Hall–Kier alpha value is -1.52. The van der Waals surface area contributed by atoms with Gasteiger partial charge < -0.3 is 14.8 Å². The van der Waals surface area contributed by atoms with E-state index in [1.807, 2.05) is 18.3 Å². The van der Waals surface area contributed by atoms with Crippen molar-refractivity contribution in [2.45, 2.75) is 51.6 Å². The molecular formula is C20H29ClN4. The Balaban J connectivity index is 1.38. The zero-order valence-corrected chi connectivity index (χ0v) is 16.0. The van der Waals surface area contributed by atoms with Crippen LogP contribution < -0.4 is 10.2 Å². The number of hydrogen-bond donors (Lipinski definition) is 1. The second-order valence-corrected chi connectivity index (χ2v) is 7.56. The first-order valence-corrected chi connectivity index (χ1v) is 9.77. The van der Waals surface area contributed by atoms with E-state index in [4.69, 9.17) is 11.6 Å². The van der Waals surface area contributed by atoms with Crippen LogP contribution >= 0.6 is 11.6 Å². The van der Waals surface area contributed by atoms with E-state index >= 15 is 0 Å². The quantitative estimate of drug-likeness (QED) is 0.747. The number of anilines is 1. The minimum Gasteiger partial charge on any atom is -0.370 e. The van der Waals surface area contributed by atoms with E-state index in [0.29, 0.717) is 12.0 Å². The van der Waals surface area contributed by atoms with Gasteiger partial charge >= 0.3 is 0 Å². The van der Waals surface area contributed by atoms with Gasteiger partial charge in [0.1, 0.15) is 5.82 Å². The maximum Gasteiger partial charge on any atom is 0.111 e. The fourth-order valence-corrected chi connectivity index (χ4v) is 3.85. The van der Waals surface area contributed by atoms with Crippen LogP contribution in [0.5, 0.6) is 0 Å². The fraction of sp³-hybridized carbons (Fsp3) is 0.550. The molecule has 0 atom stereocenters. The van der Waals surface area contributed by atoms with Gasteiger partial charge in [0.2, 0.25) is 0 Å². The molecule has 1 saturated heterocycles. The highest BCUT2D eigenvalue weighted by Crippen LogP contribution is 2.27. The number of halogens is 1. The van der Waals surface area contributed by atoms with Crippen molar-refractivity contribution in [2.24, 2.45) is 0 Å². The number of rotatable bonds is 7. The Morgan fingerprint density at radius 1 is 1.24 bits per heavy atom. The average molecular weight is 361 g/mol. The number of imidazole rings is 1. The Morgan fingerprint density at radius 2 is 2.00 bits per heavy atom. The highest BCUT2D eigenvalue weighted by Gasteiger charge is 2.20. The Labute approximate surface area is 156 Å². The van der Waals surface area contributed by atoms with Crippen molar-refractivity contribution in [3.05, 3.63) is 47.5 Å². The minimum absolute atomic E-state index is 0.483. The second-order valence-electron chi connectivity index (χ2n) is 7.15. The maximum atomic E-state index is 6.32. The van der Waals surface area contributed by atoms with Gasteiger partial charge in [0.05, 0.1) is 10.7 Å². The molecule has 1 aromatic carbocycles. The van der Waals surface area contributed by atoms with Crippen LogP contribution in [0.25, 0.3) is 0 Å². The van der Waals surface area contributed by atoms with Crippen molar-refractivity contribution in [1.29, 1.82) is 0 Å². The highest BCUT2D eigenvalue weighted by molar-refractivity contribution is 6.33. The van der Waals surface area contributed by atoms with Crippen molar-refractivity contribution in [3.63, 3.8) is 0 Å². The molecule has 0 radical (unpaired) electrons. The molecule has 1 aliphatic rings. The van der Waals surface area contributed by atoms with Crippen molar-refractivity contribution < 1.29 is 0 Å². The van der Waals surface area contributed by atoms with Crippen molar-refractivity contribution >= 4 is 17.3 Å². The fourth-order valence-electron chi connectivity index (χ4n) is 3.60. The summed E-state index contributed by atoms with van der Waals surface area (Å²) in [4.78, 5) is 6.86. The summed E-state index contributed by atoms with van der Waals surface area (Å²) in [6.45, 7) is 8.64. The molecule has 0 bridgehead atoms. The molecule has 2 aromatic rings. The van der Waals surface area contributed by atoms with E-state index < -0.39 is 0 Å². The van der Waals surface area contributed by atoms with E-state index in [9.17, 15) is 0 Å². The largest absolute Gasteiger partial charge is 0.370 e. The van der Waals surface area contributed by atoms with Gasteiger partial charge in [-0.05, 0) is 37.9 Å². The first-order chi connectivity index (χ1) is 12.1. The van der Waals surface area contributed by atoms with E-state index in [2.05, 4.69) is 51.9 Å². The molecule has 0 amide bonds. The Morgan fingerprint density at radius 3 is 2.72 bits per heavy atom. The van der Waals surface area contributed by atoms with Gasteiger partial charge in [-0.2, -0.15) is 0 Å². The lowest BCUT2D eigenvalue weighted by Crippen LogP contribution is -2.43. The molecule has 5 heteroatoms. The molecule has 0 spiro atoms. The topological polar surface area (TPSA) is 33.1 Å². The number of aromatic nitrogens is 2. The lowest BCUT2D eigenvalue weighted by Gasteiger charge is -2.34. The summed E-state index contributed by atoms with van der Waals surface area (Å²) in [5.74, 6) is 1.67. The van der Waals surface area contributed by atoms with Crippen molar-refractivity contribution in [2.75, 3.05) is 24.5 Å². The van der Waals surface area contributed by atoms with Crippen LogP contribution in [0.1, 0.15) is 44.9 Å². The van der Waals surface area contributed by atoms with Gasteiger partial charge in [-0.3, -0.25) is 0 Å². The number of piperidine rings is 1. The summed E-state index contributed by atoms with van der Waals surface area (Å²) in [6, 6.07) is 8.76. The second kappa shape index (κ2) is 8.72. The molecule has 136 valence electrons. The van der Waals surface area contributed by atoms with Gasteiger partial charge in [-0.25, -0.2) is 4.98 Å². The standard InChI is InChI=1S/C20H29ClN4/c1-16(2)20-23-11-15-25(20)12-5-10-22-17-8-13-24(14-9-17)19-7-4-3-6-18(19)21/h3-4,6-7,11,15-17,22H,5,8-10,12-14H2,1-2H3. The highest BCUT2D eigenvalue weighted by atomic mass is 35.5. The SMILES string of the molecule is CC(C)c1nccn1CCCNC1CCN(c2ccccc2Cl)CC1. The normalized spacial score (nSPS) is 15.9. The summed E-state index contributed by atoms with van der Waals surface area (Å²) in [5, 5.41) is 4.58. The molecule has 1 fully saturated rings. The maximum absolute atomic E-state index is 6.32. The van der Waals surface area contributed by atoms with Crippen LogP contribution in [0.3, 0.4) is 0 Å². The molecule has 0 unspecified atom stereocenters. The lowest BCUT2D eigenvalue weighted by atomic mass is 10.0. The van der Waals surface area contributed by atoms with Gasteiger partial charge in [0, 0.05) is 44.0 Å². The molecule has 25 heavy (non-hydrogen) atoms. The van der Waals surface area contributed by atoms with E-state index in [-0.39, 0.29) is 0 Å². The summed E-state index contributed by atoms with van der Waals surface area (Å²) in [5.41, 5.74) is 1.17. The summed E-state index contributed by atoms with van der Waals surface area (Å²) in [6.07, 6.45) is 7.49. The minimum atomic E-state index is 0.483. The number of aryl methyl sites for hydroxylation is 1. The zero-order chi connectivity index (χ0) is 17.6. The van der Waals surface area contributed by atoms with Gasteiger partial charge in [-0.1, -0.05) is 37.6 Å². The van der Waals surface area contributed by atoms with Crippen LogP contribution in [-0.4, -0.2) is 35.2 Å². The zero-order valence-electron chi connectivity index (χ0n) is 15.3. The molecule has 0 saturated carbocycles. The summed E-state index contributed by atoms with van der Waals surface area (Å²) in [7, 11) is 0. The van der Waals surface area contributed by atoms with Crippen molar-refractivity contribution in [3.8, 4) is 0 Å². The molecule has 0 aliphatic carbocycles. The predicted molar refractivity (Wildman–Crippen MR) is 106 cm³/mol. The van der Waals surface area contributed by atoms with Crippen molar-refractivity contribution in [1.82, 2.24) is 14.9 Å². The number of nitrogens with zero attached hydrogens (tertiary/aromatic N) is 3. The molecule has 4 nitrogen and oxygen atoms in total. The molecule has 1 N–H and O–H groups in total. The van der Waals surface area contributed by atoms with Crippen LogP contribution in [0.15, 0.2) is 36.7 Å². The average Bonchev–Trinajstić information content (AvgIpc) is 3.09. The summed E-state index contributed by atoms with van der Waals surface area (Å²) < 4.78 is 2.28. The van der Waals surface area contributed by atoms with Crippen LogP contribution in [0.4, 0.5) is 5.69 Å². The Bertz CT molecular complexity index is 659. The van der Waals surface area contributed by atoms with Gasteiger partial charge in [0.25, 0.3) is 0 Å². The number of benzene rings is 1. The Kier molecular flexibility index (Phi) is 6.38. The predicted octanol–water partition coefficient (Wildman–Crippen LogP) is 4.31. The number of nitrogens with one attached hydrogen (secondary N) is 1. The van der Waals surface area contributed by atoms with Crippen LogP contribution in [0.2, 0.25) is 5.02 Å².